The molecule has 0 saturated heterocycles. The number of rotatable bonds is 14. The van der Waals surface area contributed by atoms with Crippen LogP contribution in [0.25, 0.3) is 0 Å². The van der Waals surface area contributed by atoms with Crippen molar-refractivity contribution in [2.45, 2.75) is 128 Å². The lowest BCUT2D eigenvalue weighted by molar-refractivity contribution is -0.144. The highest BCUT2D eigenvalue weighted by molar-refractivity contribution is 7.88. The number of alkyl halides is 3. The van der Waals surface area contributed by atoms with Gasteiger partial charge in [0.15, 0.2) is 28.9 Å². The van der Waals surface area contributed by atoms with Crippen molar-refractivity contribution in [3.8, 4) is 28.7 Å². The van der Waals surface area contributed by atoms with Gasteiger partial charge in [-0.25, -0.2) is 9.59 Å². The van der Waals surface area contributed by atoms with Crippen molar-refractivity contribution in [1.82, 2.24) is 0 Å². The number of aliphatic carboxylic acids is 2. The molecule has 1 aliphatic heterocycles. The van der Waals surface area contributed by atoms with Crippen molar-refractivity contribution < 1.29 is 113 Å². The highest BCUT2D eigenvalue weighted by atomic mass is 32.2. The van der Waals surface area contributed by atoms with E-state index in [9.17, 15) is 79.4 Å². The molecule has 0 radical (unpaired) electrons. The number of aryl methyl sites for hydroxylation is 2. The smallest absolute Gasteiger partial charge is 0.508 e. The summed E-state index contributed by atoms with van der Waals surface area (Å²) < 4.78 is 83.0. The number of carbonyl (C=O) groups is 11. The summed E-state index contributed by atoms with van der Waals surface area (Å²) in [5.41, 5.74) is 5.93. The summed E-state index contributed by atoms with van der Waals surface area (Å²) in [6.45, 7) is 5.66. The summed E-state index contributed by atoms with van der Waals surface area (Å²) in [6.07, 6.45) is 6.85. The van der Waals surface area contributed by atoms with Crippen LogP contribution < -0.4 is 18.4 Å². The number of halogens is 3. The molecule has 2 unspecified atom stereocenters. The van der Waals surface area contributed by atoms with E-state index in [1.807, 2.05) is 61.5 Å². The lowest BCUT2D eigenvalue weighted by Gasteiger charge is -2.14. The monoisotopic (exact) mass is 1530 g/mol. The third-order valence-electron chi connectivity index (χ3n) is 18.6. The van der Waals surface area contributed by atoms with Crippen molar-refractivity contribution in [2.75, 3.05) is 6.61 Å². The minimum Gasteiger partial charge on any atom is -0.508 e. The standard InChI is InChI=1S/C16H14O4.C16H12O3.C14H16O3.C12H12O3.C10H7F3O4S.2C9H8O2/c17-15(18)11-10-12-6-4-5-9-14(12)20-16(19)13-7-2-1-3-8-13;17-14-10-9-13-12(14)7-4-8-15(13)19-16(18)11-5-2-1-3-6-11;1-3-17-14(16)9(2)10-5-4-6-12-11(10)7-8-13(12)15;1-7(12(14)15)8-3-2-4-10-9(8)5-6-11(10)13;11-10(12,13)18(15,16)17-9-3-1-2-6-7(9)4-5-8(6)14;10-8-3-1-2-6-7(8)4-5-9(6)11;10-9-6-5-7-3-1-2-4-8(7)11-9/h1-9H,10-11H2,(H,17,18);1-8H,9-10H2;4-6,9H,3,7-8H2,1-2H3;2-4,7H,5-6H2,1H3,(H,14,15);1-3H,4-5H2;1-3,10H,4-5H2;1-4H,5-6H2. The summed E-state index contributed by atoms with van der Waals surface area (Å²) in [5, 5.41) is 27.0. The maximum absolute atomic E-state index is 12.2. The number of fused-ring (bicyclic) bond motifs is 6. The van der Waals surface area contributed by atoms with E-state index in [0.717, 1.165) is 69.2 Å². The molecule has 21 nitrogen and oxygen atoms in total. The van der Waals surface area contributed by atoms with Gasteiger partial charge in [0.25, 0.3) is 0 Å². The molecule has 6 aliphatic rings. The molecular formula is C86H77F3O21S. The van der Waals surface area contributed by atoms with Gasteiger partial charge in [0, 0.05) is 83.0 Å². The van der Waals surface area contributed by atoms with Gasteiger partial charge in [-0.1, -0.05) is 146 Å². The van der Waals surface area contributed by atoms with E-state index in [4.69, 9.17) is 29.2 Å². The van der Waals surface area contributed by atoms with Gasteiger partial charge in [-0.15, -0.1) is 0 Å². The molecular weight excluding hydrogens is 1460 g/mol. The van der Waals surface area contributed by atoms with Crippen LogP contribution in [0.5, 0.6) is 28.7 Å². The molecule has 0 fully saturated rings. The molecule has 15 rings (SSSR count). The van der Waals surface area contributed by atoms with Crippen LogP contribution in [-0.2, 0) is 79.0 Å². The second kappa shape index (κ2) is 38.0. The predicted molar refractivity (Wildman–Crippen MR) is 399 cm³/mol. The predicted octanol–water partition coefficient (Wildman–Crippen LogP) is 15.5. The molecule has 1 heterocycles. The maximum atomic E-state index is 12.2. The SMILES string of the molecule is CC(C(=O)O)c1cccc2c1CCC2=O.CCOC(=O)C(C)c1cccc2c1CCC2=O.O=C(O)CCc1ccccc1OC(=O)c1ccccc1.O=C(Oc1cccc2c1CCC2=O)c1ccccc1.O=C1CCc2c(O)cccc21.O=C1CCc2c(OS(=O)(=O)C(F)(F)F)cccc21.O=C1CCc2ccccc2O1. The minimum absolute atomic E-state index is 0.0000984. The zero-order chi connectivity index (χ0) is 80.1. The number of carbonyl (C=O) groups excluding carboxylic acids is 9. The first kappa shape index (κ1) is 82.5. The van der Waals surface area contributed by atoms with Gasteiger partial charge in [-0.3, -0.25) is 43.2 Å². The van der Waals surface area contributed by atoms with Gasteiger partial charge < -0.3 is 38.5 Å². The van der Waals surface area contributed by atoms with Crippen LogP contribution in [-0.4, -0.2) is 101 Å². The topological polar surface area (TPSA) is 329 Å². The number of aromatic hydroxyl groups is 1. The van der Waals surface area contributed by atoms with Crippen LogP contribution in [0.4, 0.5) is 13.2 Å². The average molecular weight is 1540 g/mol. The van der Waals surface area contributed by atoms with Crippen molar-refractivity contribution in [3.05, 3.63) is 289 Å². The van der Waals surface area contributed by atoms with Crippen LogP contribution in [0.2, 0.25) is 0 Å². The first-order valence-electron chi connectivity index (χ1n) is 35.5. The van der Waals surface area contributed by atoms with Gasteiger partial charge >= 0.3 is 51.4 Å². The number of para-hydroxylation sites is 2. The Morgan fingerprint density at radius 3 is 1.35 bits per heavy atom. The van der Waals surface area contributed by atoms with E-state index in [1.165, 1.54) is 12.1 Å². The van der Waals surface area contributed by atoms with Gasteiger partial charge in [0.05, 0.1) is 36.0 Å². The van der Waals surface area contributed by atoms with Crippen LogP contribution in [0.15, 0.2) is 200 Å². The Kier molecular flexibility index (Phi) is 28.3. The molecule has 2 atom stereocenters. The molecule has 111 heavy (non-hydrogen) atoms. The van der Waals surface area contributed by atoms with Crippen molar-refractivity contribution in [2.24, 2.45) is 0 Å². The molecule has 3 N–H and O–H groups in total. The normalized spacial score (nSPS) is 14.2. The Bertz CT molecular complexity index is 5130. The average Bonchev–Trinajstić information content (AvgIpc) is 1.73. The number of phenolic OH excluding ortho intramolecular Hbond substituents is 1. The van der Waals surface area contributed by atoms with Crippen LogP contribution in [0, 0.1) is 0 Å². The number of hydrogen-bond donors (Lipinski definition) is 3. The second-order valence-corrected chi connectivity index (χ2v) is 27.4. The molecule has 574 valence electrons. The first-order valence-corrected chi connectivity index (χ1v) is 36.9. The van der Waals surface area contributed by atoms with Crippen LogP contribution >= 0.6 is 0 Å². The molecule has 0 spiro atoms. The Morgan fingerprint density at radius 2 is 0.856 bits per heavy atom. The zero-order valence-corrected chi connectivity index (χ0v) is 61.4. The highest BCUT2D eigenvalue weighted by Gasteiger charge is 2.49. The Balaban J connectivity index is 0.000000150. The first-order chi connectivity index (χ1) is 53.0. The number of benzene rings is 9. The summed E-state index contributed by atoms with van der Waals surface area (Å²) in [4.78, 5) is 125. The fraction of sp³-hybridized carbons (Fsp3) is 0.244. The molecule has 0 amide bonds. The molecule has 0 saturated carbocycles. The molecule has 0 aromatic heterocycles. The fourth-order valence-electron chi connectivity index (χ4n) is 12.8. The van der Waals surface area contributed by atoms with Crippen LogP contribution in [0.3, 0.4) is 0 Å². The summed E-state index contributed by atoms with van der Waals surface area (Å²) in [7, 11) is -5.70. The number of ketones is 5. The fourth-order valence-corrected chi connectivity index (χ4v) is 13.3. The van der Waals surface area contributed by atoms with Crippen molar-refractivity contribution in [3.63, 3.8) is 0 Å². The summed E-state index contributed by atoms with van der Waals surface area (Å²) in [6, 6.07) is 57.2. The largest absolute Gasteiger partial charge is 0.534 e. The van der Waals surface area contributed by atoms with Gasteiger partial charge in [-0.2, -0.15) is 21.6 Å². The molecule has 9 aromatic rings. The van der Waals surface area contributed by atoms with E-state index in [2.05, 4.69) is 4.18 Å². The van der Waals surface area contributed by atoms with E-state index in [1.54, 1.807) is 141 Å². The van der Waals surface area contributed by atoms with Crippen LogP contribution in [0.1, 0.15) is 200 Å². The Hall–Kier alpha value is -12.5. The van der Waals surface area contributed by atoms with Crippen molar-refractivity contribution >= 4 is 74.9 Å². The molecule has 0 bridgehead atoms. The lowest BCUT2D eigenvalue weighted by Crippen LogP contribution is -2.28. The summed E-state index contributed by atoms with van der Waals surface area (Å²) >= 11 is 0. The van der Waals surface area contributed by atoms with E-state index < -0.39 is 51.2 Å². The van der Waals surface area contributed by atoms with Crippen molar-refractivity contribution in [1.29, 1.82) is 0 Å². The van der Waals surface area contributed by atoms with Gasteiger partial charge in [0.1, 0.15) is 28.7 Å². The molecule has 9 aromatic carbocycles. The number of carboxylic acids is 2. The maximum Gasteiger partial charge on any atom is 0.534 e. The summed E-state index contributed by atoms with van der Waals surface area (Å²) in [5.74, 6) is -1.96. The van der Waals surface area contributed by atoms with Gasteiger partial charge in [-0.05, 0) is 154 Å². The van der Waals surface area contributed by atoms with Gasteiger partial charge in [0.2, 0.25) is 0 Å². The van der Waals surface area contributed by atoms with E-state index in [0.29, 0.717) is 109 Å². The van der Waals surface area contributed by atoms with E-state index >= 15 is 0 Å². The quantitative estimate of drug-likeness (QED) is 0.0394. The minimum atomic E-state index is -5.70. The number of carboxylic acid groups (broad SMARTS) is 2. The highest BCUT2D eigenvalue weighted by Crippen LogP contribution is 2.37. The number of esters is 4. The Morgan fingerprint density at radius 1 is 0.450 bits per heavy atom. The Labute approximate surface area is 637 Å². The number of hydrogen-bond acceptors (Lipinski definition) is 19. The zero-order valence-electron chi connectivity index (χ0n) is 60.5. The molecule has 25 heteroatoms. The molecule has 5 aliphatic carbocycles. The number of ether oxygens (including phenoxy) is 4. The third kappa shape index (κ3) is 21.5. The number of phenols is 1. The second-order valence-electron chi connectivity index (χ2n) is 25.8. The third-order valence-corrected chi connectivity index (χ3v) is 19.5. The lowest BCUT2D eigenvalue weighted by atomic mass is 9.93. The van der Waals surface area contributed by atoms with E-state index in [-0.39, 0.29) is 82.9 Å². The number of Topliss-reactive ketones (excluding diaryl/α,β-unsaturated/α-hetero) is 5.